The largest absolute Gasteiger partial charge is 0.464 e. The summed E-state index contributed by atoms with van der Waals surface area (Å²) in [6, 6.07) is 6.25. The molecule has 0 radical (unpaired) electrons. The van der Waals surface area contributed by atoms with Crippen LogP contribution >= 0.6 is 0 Å². The number of likely N-dealkylation sites (tertiary alicyclic amines) is 1. The van der Waals surface area contributed by atoms with Crippen molar-refractivity contribution in [1.82, 2.24) is 4.90 Å². The average molecular weight is 349 g/mol. The number of aliphatic hydroxyl groups is 1. The van der Waals surface area contributed by atoms with Gasteiger partial charge in [0.1, 0.15) is 5.82 Å². The Morgan fingerprint density at radius 2 is 1.92 bits per heavy atom. The van der Waals surface area contributed by atoms with Gasteiger partial charge in [-0.1, -0.05) is 18.6 Å². The number of carbonyl (C=O) groups is 2. The number of hydrogen-bond donors (Lipinski definition) is 1. The number of rotatable bonds is 4. The van der Waals surface area contributed by atoms with Crippen LogP contribution in [0.2, 0.25) is 0 Å². The van der Waals surface area contributed by atoms with Crippen LogP contribution in [0.1, 0.15) is 44.6 Å². The molecule has 0 unspecified atom stereocenters. The van der Waals surface area contributed by atoms with Crippen molar-refractivity contribution in [2.75, 3.05) is 19.7 Å². The van der Waals surface area contributed by atoms with Crippen molar-refractivity contribution in [3.63, 3.8) is 0 Å². The summed E-state index contributed by atoms with van der Waals surface area (Å²) in [5.41, 5.74) is -1.46. The van der Waals surface area contributed by atoms with Gasteiger partial charge in [-0.15, -0.1) is 0 Å². The van der Waals surface area contributed by atoms with Gasteiger partial charge in [-0.25, -0.2) is 9.18 Å². The van der Waals surface area contributed by atoms with Gasteiger partial charge in [-0.2, -0.15) is 0 Å². The molecule has 0 spiro atoms. The summed E-state index contributed by atoms with van der Waals surface area (Å²) in [6.07, 6.45) is 2.67. The number of nitrogens with zero attached hydrogens (tertiary/aromatic N) is 1. The number of halogens is 1. The summed E-state index contributed by atoms with van der Waals surface area (Å²) in [6.45, 7) is 2.50. The van der Waals surface area contributed by atoms with E-state index in [1.807, 2.05) is 0 Å². The second-order valence-corrected chi connectivity index (χ2v) is 6.99. The van der Waals surface area contributed by atoms with E-state index in [0.29, 0.717) is 25.9 Å². The summed E-state index contributed by atoms with van der Waals surface area (Å²) < 4.78 is 18.5. The predicted octanol–water partition coefficient (Wildman–Crippen LogP) is 2.16. The summed E-state index contributed by atoms with van der Waals surface area (Å²) in [5.74, 6) is -0.993. The van der Waals surface area contributed by atoms with Crippen molar-refractivity contribution >= 4 is 11.9 Å². The molecule has 1 aromatic rings. The third-order valence-corrected chi connectivity index (χ3v) is 5.53. The molecule has 2 aliphatic rings. The Labute approximate surface area is 146 Å². The molecule has 1 aliphatic heterocycles. The molecule has 0 aromatic heterocycles. The third kappa shape index (κ3) is 3.15. The van der Waals surface area contributed by atoms with Crippen molar-refractivity contribution in [3.8, 4) is 0 Å². The molecule has 1 saturated carbocycles. The van der Waals surface area contributed by atoms with E-state index in [1.165, 1.54) is 12.1 Å². The van der Waals surface area contributed by atoms with Crippen LogP contribution in [0.15, 0.2) is 24.3 Å². The molecular formula is C19H24FNO4. The number of piperidine rings is 1. The Bertz CT molecular complexity index is 663. The van der Waals surface area contributed by atoms with E-state index in [2.05, 4.69) is 0 Å². The molecule has 136 valence electrons. The molecule has 1 amide bonds. The second-order valence-electron chi connectivity index (χ2n) is 6.99. The SMILES string of the molecule is CCOC(=O)C1(O)CCN(C(=O)C2(c3cccc(F)c3)CCC2)CC1. The number of amides is 1. The minimum absolute atomic E-state index is 0.0322. The molecule has 0 atom stereocenters. The van der Waals surface area contributed by atoms with Gasteiger partial charge in [0.25, 0.3) is 0 Å². The number of ether oxygens (including phenoxy) is 1. The molecule has 1 saturated heterocycles. The highest BCUT2D eigenvalue weighted by Gasteiger charge is 2.50. The zero-order chi connectivity index (χ0) is 18.1. The summed E-state index contributed by atoms with van der Waals surface area (Å²) in [7, 11) is 0. The van der Waals surface area contributed by atoms with Gasteiger partial charge >= 0.3 is 5.97 Å². The van der Waals surface area contributed by atoms with Crippen LogP contribution in [0.3, 0.4) is 0 Å². The van der Waals surface area contributed by atoms with Crippen molar-refractivity contribution in [2.45, 2.75) is 50.0 Å². The summed E-state index contributed by atoms with van der Waals surface area (Å²) in [5, 5.41) is 10.4. The molecule has 2 fully saturated rings. The Morgan fingerprint density at radius 1 is 1.24 bits per heavy atom. The average Bonchev–Trinajstić information content (AvgIpc) is 2.55. The Hall–Kier alpha value is -1.95. The standard InChI is InChI=1S/C19H24FNO4/c1-2-25-17(23)19(24)9-11-21(12-10-19)16(22)18(7-4-8-18)14-5-3-6-15(20)13-14/h3,5-6,13,24H,2,4,7-12H2,1H3. The van der Waals surface area contributed by atoms with E-state index in [1.54, 1.807) is 24.0 Å². The van der Waals surface area contributed by atoms with Crippen LogP contribution in [-0.4, -0.2) is 47.2 Å². The van der Waals surface area contributed by atoms with Crippen molar-refractivity contribution < 1.29 is 23.8 Å². The first-order valence-electron chi connectivity index (χ1n) is 8.86. The highest BCUT2D eigenvalue weighted by Crippen LogP contribution is 2.46. The normalized spacial score (nSPS) is 21.3. The Kier molecular flexibility index (Phi) is 4.82. The fraction of sp³-hybridized carbons (Fsp3) is 0.579. The third-order valence-electron chi connectivity index (χ3n) is 5.53. The van der Waals surface area contributed by atoms with Gasteiger partial charge in [0.2, 0.25) is 5.91 Å². The van der Waals surface area contributed by atoms with Crippen LogP contribution in [0, 0.1) is 5.82 Å². The maximum Gasteiger partial charge on any atom is 0.338 e. The molecule has 1 N–H and O–H groups in total. The highest BCUT2D eigenvalue weighted by molar-refractivity contribution is 5.90. The molecule has 0 bridgehead atoms. The zero-order valence-electron chi connectivity index (χ0n) is 14.5. The van der Waals surface area contributed by atoms with Crippen LogP contribution in [0.5, 0.6) is 0 Å². The fourth-order valence-corrected chi connectivity index (χ4v) is 3.79. The summed E-state index contributed by atoms with van der Waals surface area (Å²) in [4.78, 5) is 26.7. The molecule has 1 aliphatic carbocycles. The lowest BCUT2D eigenvalue weighted by molar-refractivity contribution is -0.172. The lowest BCUT2D eigenvalue weighted by Gasteiger charge is -2.46. The zero-order valence-corrected chi connectivity index (χ0v) is 14.5. The number of carbonyl (C=O) groups excluding carboxylic acids is 2. The molecule has 6 heteroatoms. The fourth-order valence-electron chi connectivity index (χ4n) is 3.79. The molecule has 3 rings (SSSR count). The first-order chi connectivity index (χ1) is 11.9. The topological polar surface area (TPSA) is 66.8 Å². The molecule has 1 heterocycles. The number of hydrogen-bond acceptors (Lipinski definition) is 4. The van der Waals surface area contributed by atoms with Gasteiger partial charge < -0.3 is 14.7 Å². The lowest BCUT2D eigenvalue weighted by Crippen LogP contribution is -2.57. The maximum absolute atomic E-state index is 13.6. The van der Waals surface area contributed by atoms with Gasteiger partial charge in [0, 0.05) is 25.9 Å². The van der Waals surface area contributed by atoms with Crippen molar-refractivity contribution in [2.24, 2.45) is 0 Å². The first kappa shape index (κ1) is 17.9. The second kappa shape index (κ2) is 6.75. The maximum atomic E-state index is 13.6. The Morgan fingerprint density at radius 3 is 2.44 bits per heavy atom. The summed E-state index contributed by atoms with van der Waals surface area (Å²) >= 11 is 0. The van der Waals surface area contributed by atoms with Crippen molar-refractivity contribution in [1.29, 1.82) is 0 Å². The van der Waals surface area contributed by atoms with Crippen molar-refractivity contribution in [3.05, 3.63) is 35.6 Å². The van der Waals surface area contributed by atoms with E-state index in [-0.39, 0.29) is 31.2 Å². The van der Waals surface area contributed by atoms with E-state index < -0.39 is 17.0 Å². The Balaban J connectivity index is 1.73. The van der Waals surface area contributed by atoms with Gasteiger partial charge in [-0.05, 0) is 37.5 Å². The smallest absolute Gasteiger partial charge is 0.338 e. The quantitative estimate of drug-likeness (QED) is 0.846. The van der Waals surface area contributed by atoms with Gasteiger partial charge in [0.15, 0.2) is 5.60 Å². The molecule has 5 nitrogen and oxygen atoms in total. The number of esters is 1. The van der Waals surface area contributed by atoms with E-state index >= 15 is 0 Å². The lowest BCUT2D eigenvalue weighted by atomic mass is 9.63. The minimum Gasteiger partial charge on any atom is -0.464 e. The van der Waals surface area contributed by atoms with Gasteiger partial charge in [0.05, 0.1) is 12.0 Å². The predicted molar refractivity (Wildman–Crippen MR) is 89.3 cm³/mol. The molecule has 25 heavy (non-hydrogen) atoms. The van der Waals surface area contributed by atoms with E-state index in [0.717, 1.165) is 12.0 Å². The first-order valence-corrected chi connectivity index (χ1v) is 8.86. The highest BCUT2D eigenvalue weighted by atomic mass is 19.1. The van der Waals surface area contributed by atoms with Crippen LogP contribution in [0.4, 0.5) is 4.39 Å². The van der Waals surface area contributed by atoms with Crippen LogP contribution < -0.4 is 0 Å². The minimum atomic E-state index is -1.52. The van der Waals surface area contributed by atoms with E-state index in [9.17, 15) is 19.1 Å². The number of benzene rings is 1. The van der Waals surface area contributed by atoms with Crippen LogP contribution in [-0.2, 0) is 19.7 Å². The van der Waals surface area contributed by atoms with Crippen LogP contribution in [0.25, 0.3) is 0 Å². The monoisotopic (exact) mass is 349 g/mol. The molecular weight excluding hydrogens is 325 g/mol. The molecule has 1 aromatic carbocycles. The van der Waals surface area contributed by atoms with E-state index in [4.69, 9.17) is 4.74 Å². The van der Waals surface area contributed by atoms with Gasteiger partial charge in [-0.3, -0.25) is 4.79 Å².